The van der Waals surface area contributed by atoms with Crippen LogP contribution in [0.25, 0.3) is 5.69 Å². The fourth-order valence-electron chi connectivity index (χ4n) is 6.04. The molecule has 54 heavy (non-hydrogen) atoms. The highest BCUT2D eigenvalue weighted by Crippen LogP contribution is 2.39. The third-order valence-electron chi connectivity index (χ3n) is 9.08. The molecule has 1 fully saturated rings. The summed E-state index contributed by atoms with van der Waals surface area (Å²) in [6.07, 6.45) is 3.59. The molecule has 1 aromatic heterocycles. The van der Waals surface area contributed by atoms with Crippen molar-refractivity contribution in [3.63, 3.8) is 0 Å². The number of thioether (sulfide) groups is 1. The van der Waals surface area contributed by atoms with Crippen LogP contribution in [0.1, 0.15) is 79.6 Å². The number of rotatable bonds is 17. The van der Waals surface area contributed by atoms with Gasteiger partial charge >= 0.3 is 0 Å². The maximum atomic E-state index is 12.5. The van der Waals surface area contributed by atoms with Crippen molar-refractivity contribution in [3.05, 3.63) is 119 Å². The number of nitrogens with one attached hydrogen (secondary N) is 2. The number of unbranched alkanes of at least 4 members (excludes halogenated alkanes) is 3. The lowest BCUT2D eigenvalue weighted by Crippen LogP contribution is -2.31. The van der Waals surface area contributed by atoms with Gasteiger partial charge in [0.05, 0.1) is 35.9 Å². The summed E-state index contributed by atoms with van der Waals surface area (Å²) in [5, 5.41) is 37.9. The van der Waals surface area contributed by atoms with E-state index in [2.05, 4.69) is 26.2 Å². The van der Waals surface area contributed by atoms with Gasteiger partial charge in [0, 0.05) is 37.1 Å². The Kier molecular flexibility index (Phi) is 13.6. The number of tetrazole rings is 1. The van der Waals surface area contributed by atoms with Crippen molar-refractivity contribution < 1.29 is 29.3 Å². The summed E-state index contributed by atoms with van der Waals surface area (Å²) in [6, 6.07) is 29.4. The molecule has 0 spiro atoms. The standard InChI is InChI=1S/C40H45N7O6S/c41-34-7-5-6-8-35(34)43-38(51)10-4-2-1-3-9-37(50)42-24-27-11-17-30(18-12-27)39-52-33(23-36(53-39)29-15-13-28(25-48)14-16-29)26-54-40-44-45-46-47(40)31-19-21-32(49)22-20-31/h5-8,11-22,33,36,39,48-49H,1-4,9-10,23-26,41H2,(H,42,50)(H,43,51). The molecule has 1 aliphatic heterocycles. The van der Waals surface area contributed by atoms with Crippen molar-refractivity contribution in [3.8, 4) is 11.4 Å². The number of phenolic OH excluding ortho intramolecular Hbond substituents is 1. The van der Waals surface area contributed by atoms with Gasteiger partial charge in [-0.1, -0.05) is 85.3 Å². The van der Waals surface area contributed by atoms with Gasteiger partial charge < -0.3 is 36.1 Å². The highest BCUT2D eigenvalue weighted by molar-refractivity contribution is 7.99. The molecule has 0 radical (unpaired) electrons. The molecular weight excluding hydrogens is 707 g/mol. The number of phenols is 1. The highest BCUT2D eigenvalue weighted by atomic mass is 32.2. The second-order valence-corrected chi connectivity index (χ2v) is 14.1. The number of carbonyl (C=O) groups is 2. The SMILES string of the molecule is Nc1ccccc1NC(=O)CCCCCCC(=O)NCc1ccc(C2OC(CSc3nnnn3-c3ccc(O)cc3)CC(c3ccc(CO)cc3)O2)cc1. The first-order valence-electron chi connectivity index (χ1n) is 18.1. The van der Waals surface area contributed by atoms with E-state index < -0.39 is 6.29 Å². The van der Waals surface area contributed by atoms with Crippen LogP contribution in [0.5, 0.6) is 5.75 Å². The fraction of sp³-hybridized carbons (Fsp3) is 0.325. The monoisotopic (exact) mass is 751 g/mol. The van der Waals surface area contributed by atoms with Crippen LogP contribution < -0.4 is 16.4 Å². The first-order valence-corrected chi connectivity index (χ1v) is 19.0. The zero-order valence-corrected chi connectivity index (χ0v) is 30.7. The number of nitrogens with two attached hydrogens (primary N) is 1. The minimum atomic E-state index is -0.633. The molecular formula is C40H45N7O6S. The number of hydrogen-bond donors (Lipinski definition) is 5. The third kappa shape index (κ3) is 10.9. The smallest absolute Gasteiger partial charge is 0.224 e. The fourth-order valence-corrected chi connectivity index (χ4v) is 6.95. The molecule has 6 N–H and O–H groups in total. The number of anilines is 2. The summed E-state index contributed by atoms with van der Waals surface area (Å²) in [7, 11) is 0. The Morgan fingerprint density at radius 1 is 0.833 bits per heavy atom. The third-order valence-corrected chi connectivity index (χ3v) is 10.1. The van der Waals surface area contributed by atoms with E-state index in [1.807, 2.05) is 60.7 Å². The Morgan fingerprint density at radius 2 is 1.52 bits per heavy atom. The summed E-state index contributed by atoms with van der Waals surface area (Å²) in [6.45, 7) is 0.372. The summed E-state index contributed by atoms with van der Waals surface area (Å²) >= 11 is 1.47. The van der Waals surface area contributed by atoms with E-state index in [1.54, 1.807) is 41.1 Å². The number of para-hydroxylation sites is 2. The van der Waals surface area contributed by atoms with Gasteiger partial charge in [0.15, 0.2) is 6.29 Å². The van der Waals surface area contributed by atoms with Gasteiger partial charge in [-0.25, -0.2) is 0 Å². The normalized spacial score (nSPS) is 16.9. The molecule has 0 saturated carbocycles. The summed E-state index contributed by atoms with van der Waals surface area (Å²) < 4.78 is 14.6. The molecule has 0 bridgehead atoms. The molecule has 6 rings (SSSR count). The minimum absolute atomic E-state index is 0.0119. The number of aliphatic hydroxyl groups is 1. The first-order chi connectivity index (χ1) is 26.3. The summed E-state index contributed by atoms with van der Waals surface area (Å²) in [5.74, 6) is 0.648. The topological polar surface area (TPSA) is 187 Å². The van der Waals surface area contributed by atoms with Crippen molar-refractivity contribution in [2.75, 3.05) is 16.8 Å². The van der Waals surface area contributed by atoms with Crippen LogP contribution in [0.4, 0.5) is 11.4 Å². The average Bonchev–Trinajstić information content (AvgIpc) is 3.67. The maximum absolute atomic E-state index is 12.5. The lowest BCUT2D eigenvalue weighted by molar-refractivity contribution is -0.245. The van der Waals surface area contributed by atoms with Gasteiger partial charge in [0.25, 0.3) is 0 Å². The number of carbonyl (C=O) groups excluding carboxylic acids is 2. The van der Waals surface area contributed by atoms with E-state index in [4.69, 9.17) is 15.2 Å². The molecule has 0 aliphatic carbocycles. The van der Waals surface area contributed by atoms with Gasteiger partial charge in [-0.05, 0) is 76.4 Å². The number of nitrogen functional groups attached to an aromatic ring is 1. The van der Waals surface area contributed by atoms with E-state index in [0.717, 1.165) is 53.6 Å². The van der Waals surface area contributed by atoms with Gasteiger partial charge in [-0.2, -0.15) is 4.68 Å². The molecule has 14 heteroatoms. The molecule has 3 unspecified atom stereocenters. The second kappa shape index (κ2) is 19.2. The minimum Gasteiger partial charge on any atom is -0.508 e. The number of aromatic hydroxyl groups is 1. The highest BCUT2D eigenvalue weighted by Gasteiger charge is 2.32. The number of amides is 2. The number of nitrogens with zero attached hydrogens (tertiary/aromatic N) is 4. The first kappa shape index (κ1) is 38.4. The Labute approximate surface area is 318 Å². The Balaban J connectivity index is 0.979. The van der Waals surface area contributed by atoms with Crippen molar-refractivity contribution in [2.45, 2.75) is 81.8 Å². The second-order valence-electron chi connectivity index (χ2n) is 13.1. The summed E-state index contributed by atoms with van der Waals surface area (Å²) in [4.78, 5) is 24.8. The van der Waals surface area contributed by atoms with Crippen LogP contribution in [0.3, 0.4) is 0 Å². The molecule has 4 aromatic carbocycles. The van der Waals surface area contributed by atoms with Crippen LogP contribution in [-0.2, 0) is 32.2 Å². The molecule has 2 heterocycles. The molecule has 1 aliphatic rings. The predicted molar refractivity (Wildman–Crippen MR) is 205 cm³/mol. The lowest BCUT2D eigenvalue weighted by Gasteiger charge is -2.36. The van der Waals surface area contributed by atoms with Crippen LogP contribution >= 0.6 is 11.8 Å². The Morgan fingerprint density at radius 3 is 2.24 bits per heavy atom. The molecule has 282 valence electrons. The average molecular weight is 752 g/mol. The number of hydrogen-bond acceptors (Lipinski definition) is 11. The molecule has 5 aromatic rings. The number of aliphatic hydroxyl groups excluding tert-OH is 1. The van der Waals surface area contributed by atoms with E-state index in [1.165, 1.54) is 11.8 Å². The van der Waals surface area contributed by atoms with Gasteiger partial charge in [-0.15, -0.1) is 5.10 Å². The van der Waals surface area contributed by atoms with Crippen molar-refractivity contribution in [1.82, 2.24) is 25.5 Å². The number of aromatic nitrogens is 4. The van der Waals surface area contributed by atoms with Crippen molar-refractivity contribution in [2.24, 2.45) is 0 Å². The van der Waals surface area contributed by atoms with Crippen LogP contribution in [0.15, 0.2) is 102 Å². The van der Waals surface area contributed by atoms with Crippen LogP contribution in [-0.4, -0.2) is 54.1 Å². The van der Waals surface area contributed by atoms with Gasteiger partial charge in [-0.3, -0.25) is 9.59 Å². The van der Waals surface area contributed by atoms with E-state index >= 15 is 0 Å². The molecule has 2 amide bonds. The van der Waals surface area contributed by atoms with Gasteiger partial charge in [0.2, 0.25) is 17.0 Å². The number of benzene rings is 4. The summed E-state index contributed by atoms with van der Waals surface area (Å²) in [5.41, 5.74) is 11.4. The van der Waals surface area contributed by atoms with E-state index in [-0.39, 0.29) is 36.4 Å². The van der Waals surface area contributed by atoms with Crippen LogP contribution in [0, 0.1) is 0 Å². The lowest BCUT2D eigenvalue weighted by atomic mass is 10.0. The van der Waals surface area contributed by atoms with Gasteiger partial charge in [0.1, 0.15) is 5.75 Å². The molecule has 13 nitrogen and oxygen atoms in total. The van der Waals surface area contributed by atoms with E-state index in [0.29, 0.717) is 48.1 Å². The molecule has 3 atom stereocenters. The maximum Gasteiger partial charge on any atom is 0.224 e. The quantitative estimate of drug-likeness (QED) is 0.0404. The zero-order chi connectivity index (χ0) is 37.7. The Hall–Kier alpha value is -5.28. The largest absolute Gasteiger partial charge is 0.508 e. The van der Waals surface area contributed by atoms with Crippen molar-refractivity contribution >= 4 is 35.0 Å². The number of ether oxygens (including phenoxy) is 2. The Bertz CT molecular complexity index is 1960. The molecule has 1 saturated heterocycles. The van der Waals surface area contributed by atoms with Crippen LogP contribution in [0.2, 0.25) is 0 Å². The van der Waals surface area contributed by atoms with Crippen molar-refractivity contribution in [1.29, 1.82) is 0 Å². The zero-order valence-electron chi connectivity index (χ0n) is 29.8. The van der Waals surface area contributed by atoms with E-state index in [9.17, 15) is 19.8 Å². The predicted octanol–water partition coefficient (Wildman–Crippen LogP) is 6.38.